The van der Waals surface area contributed by atoms with Crippen molar-refractivity contribution < 1.29 is 17.9 Å². The van der Waals surface area contributed by atoms with Crippen molar-refractivity contribution in [1.29, 1.82) is 0 Å². The number of ether oxygens (including phenoxy) is 1. The third kappa shape index (κ3) is 3.80. The Kier molecular flexibility index (Phi) is 4.71. The standard InChI is InChI=1S/C17H17N3O4S/c1-24-14-8-4-2-6-12(14)19-17(21)11-10-16-18-13-7-3-5-9-15(13)25(22,23)20-16/h2-9H,10-11H2,1H3,(H,18,20)(H,19,21). The van der Waals surface area contributed by atoms with Gasteiger partial charge in [0.15, 0.2) is 0 Å². The van der Waals surface area contributed by atoms with Gasteiger partial charge in [0.1, 0.15) is 16.5 Å². The summed E-state index contributed by atoms with van der Waals surface area (Å²) in [6.45, 7) is 0. The minimum Gasteiger partial charge on any atom is -0.495 e. The summed E-state index contributed by atoms with van der Waals surface area (Å²) in [4.78, 5) is 12.3. The van der Waals surface area contributed by atoms with Gasteiger partial charge in [0, 0.05) is 12.8 Å². The molecule has 0 aromatic heterocycles. The lowest BCUT2D eigenvalue weighted by molar-refractivity contribution is -0.116. The van der Waals surface area contributed by atoms with E-state index >= 15 is 0 Å². The van der Waals surface area contributed by atoms with Crippen molar-refractivity contribution in [3.05, 3.63) is 48.5 Å². The summed E-state index contributed by atoms with van der Waals surface area (Å²) >= 11 is 0. The van der Waals surface area contributed by atoms with E-state index in [0.717, 1.165) is 0 Å². The van der Waals surface area contributed by atoms with E-state index < -0.39 is 10.0 Å². The van der Waals surface area contributed by atoms with Gasteiger partial charge in [-0.15, -0.1) is 4.40 Å². The van der Waals surface area contributed by atoms with Crippen LogP contribution >= 0.6 is 0 Å². The Morgan fingerprint density at radius 2 is 1.88 bits per heavy atom. The van der Waals surface area contributed by atoms with Gasteiger partial charge in [-0.25, -0.2) is 0 Å². The minimum absolute atomic E-state index is 0.0849. The molecule has 1 amide bonds. The van der Waals surface area contributed by atoms with Gasteiger partial charge in [0.05, 0.1) is 18.5 Å². The van der Waals surface area contributed by atoms with Crippen LogP contribution in [0.2, 0.25) is 0 Å². The van der Waals surface area contributed by atoms with Crippen molar-refractivity contribution in [2.75, 3.05) is 17.7 Å². The van der Waals surface area contributed by atoms with E-state index in [-0.39, 0.29) is 29.5 Å². The third-order valence-corrected chi connectivity index (χ3v) is 5.02. The largest absolute Gasteiger partial charge is 0.495 e. The molecule has 0 bridgehead atoms. The molecule has 2 N–H and O–H groups in total. The lowest BCUT2D eigenvalue weighted by Gasteiger charge is -2.18. The fourth-order valence-corrected chi connectivity index (χ4v) is 3.64. The van der Waals surface area contributed by atoms with Gasteiger partial charge in [0.25, 0.3) is 10.0 Å². The summed E-state index contributed by atoms with van der Waals surface area (Å²) in [5.41, 5.74) is 1.03. The summed E-state index contributed by atoms with van der Waals surface area (Å²) in [7, 11) is -2.21. The smallest absolute Gasteiger partial charge is 0.286 e. The number of hydrogen-bond donors (Lipinski definition) is 2. The molecular formula is C17H17N3O4S. The summed E-state index contributed by atoms with van der Waals surface area (Å²) in [5, 5.41) is 5.71. The maximum Gasteiger partial charge on any atom is 0.286 e. The van der Waals surface area contributed by atoms with Crippen molar-refractivity contribution >= 4 is 33.1 Å². The van der Waals surface area contributed by atoms with Gasteiger partial charge >= 0.3 is 0 Å². The molecule has 7 nitrogen and oxygen atoms in total. The number of hydrogen-bond acceptors (Lipinski definition) is 5. The molecule has 0 radical (unpaired) electrons. The second-order valence-electron chi connectivity index (χ2n) is 5.38. The average molecular weight is 359 g/mol. The van der Waals surface area contributed by atoms with Gasteiger partial charge < -0.3 is 15.4 Å². The molecule has 2 aromatic carbocycles. The Hall–Kier alpha value is -2.87. The first-order valence-corrected chi connectivity index (χ1v) is 9.06. The Morgan fingerprint density at radius 1 is 1.16 bits per heavy atom. The number of amides is 1. The lowest BCUT2D eigenvalue weighted by atomic mass is 10.2. The van der Waals surface area contributed by atoms with E-state index in [2.05, 4.69) is 15.0 Å². The van der Waals surface area contributed by atoms with Crippen molar-refractivity contribution in [2.24, 2.45) is 4.40 Å². The summed E-state index contributed by atoms with van der Waals surface area (Å²) in [6, 6.07) is 13.6. The molecule has 1 heterocycles. The van der Waals surface area contributed by atoms with Crippen LogP contribution in [-0.2, 0) is 14.8 Å². The fraction of sp³-hybridized carbons (Fsp3) is 0.176. The van der Waals surface area contributed by atoms with Crippen molar-refractivity contribution in [1.82, 2.24) is 0 Å². The highest BCUT2D eigenvalue weighted by molar-refractivity contribution is 7.90. The normalized spacial score (nSPS) is 14.7. The Morgan fingerprint density at radius 3 is 2.68 bits per heavy atom. The van der Waals surface area contributed by atoms with E-state index in [4.69, 9.17) is 4.74 Å². The van der Waals surface area contributed by atoms with Crippen molar-refractivity contribution in [3.8, 4) is 5.75 Å². The second kappa shape index (κ2) is 6.94. The highest BCUT2D eigenvalue weighted by Crippen LogP contribution is 2.27. The number of amidine groups is 1. The van der Waals surface area contributed by atoms with E-state index in [1.165, 1.54) is 13.2 Å². The SMILES string of the molecule is COc1ccccc1NC(=O)CCC1=NS(=O)(=O)c2ccccc2N1. The number of carbonyl (C=O) groups excluding carboxylic acids is 1. The number of benzene rings is 2. The van der Waals surface area contributed by atoms with Gasteiger partial charge in [-0.2, -0.15) is 8.42 Å². The fourth-order valence-electron chi connectivity index (χ4n) is 2.47. The van der Waals surface area contributed by atoms with Gasteiger partial charge in [0.2, 0.25) is 5.91 Å². The highest BCUT2D eigenvalue weighted by atomic mass is 32.2. The molecule has 130 valence electrons. The first-order chi connectivity index (χ1) is 12.0. The number of methoxy groups -OCH3 is 1. The Bertz CT molecular complexity index is 938. The first kappa shape index (κ1) is 17.0. The molecule has 0 atom stereocenters. The molecule has 0 aliphatic carbocycles. The van der Waals surface area contributed by atoms with Crippen LogP contribution in [-0.4, -0.2) is 27.3 Å². The predicted octanol–water partition coefficient (Wildman–Crippen LogP) is 2.63. The number of nitrogens with one attached hydrogen (secondary N) is 2. The van der Waals surface area contributed by atoms with Crippen LogP contribution in [0.3, 0.4) is 0 Å². The van der Waals surface area contributed by atoms with Crippen LogP contribution in [0.5, 0.6) is 5.75 Å². The zero-order valence-electron chi connectivity index (χ0n) is 13.5. The van der Waals surface area contributed by atoms with Crippen LogP contribution < -0.4 is 15.4 Å². The summed E-state index contributed by atoms with van der Waals surface area (Å²) in [5.74, 6) is 0.541. The van der Waals surface area contributed by atoms with E-state index in [1.807, 2.05) is 0 Å². The molecule has 1 aliphatic heterocycles. The molecule has 0 spiro atoms. The quantitative estimate of drug-likeness (QED) is 0.855. The van der Waals surface area contributed by atoms with Crippen LogP contribution in [0.15, 0.2) is 57.8 Å². The molecule has 0 fully saturated rings. The molecular weight excluding hydrogens is 342 g/mol. The van der Waals surface area contributed by atoms with E-state index in [1.54, 1.807) is 42.5 Å². The van der Waals surface area contributed by atoms with Crippen molar-refractivity contribution in [2.45, 2.75) is 17.7 Å². The highest BCUT2D eigenvalue weighted by Gasteiger charge is 2.24. The number of sulfonamides is 1. The Balaban J connectivity index is 1.66. The van der Waals surface area contributed by atoms with Crippen LogP contribution in [0, 0.1) is 0 Å². The monoisotopic (exact) mass is 359 g/mol. The van der Waals surface area contributed by atoms with Gasteiger partial charge in [-0.3, -0.25) is 4.79 Å². The zero-order valence-corrected chi connectivity index (χ0v) is 14.3. The predicted molar refractivity (Wildman–Crippen MR) is 95.5 cm³/mol. The molecule has 3 rings (SSSR count). The average Bonchev–Trinajstić information content (AvgIpc) is 2.60. The first-order valence-electron chi connectivity index (χ1n) is 7.62. The van der Waals surface area contributed by atoms with Crippen LogP contribution in [0.1, 0.15) is 12.8 Å². The minimum atomic E-state index is -3.73. The van der Waals surface area contributed by atoms with E-state index in [0.29, 0.717) is 17.1 Å². The molecule has 25 heavy (non-hydrogen) atoms. The molecule has 0 unspecified atom stereocenters. The van der Waals surface area contributed by atoms with Gasteiger partial charge in [-0.05, 0) is 24.3 Å². The number of nitrogens with zero attached hydrogens (tertiary/aromatic N) is 1. The summed E-state index contributed by atoms with van der Waals surface area (Å²) in [6.07, 6.45) is 0.260. The molecule has 2 aromatic rings. The maximum atomic E-state index is 12.2. The number of anilines is 2. The number of rotatable bonds is 5. The van der Waals surface area contributed by atoms with Crippen LogP contribution in [0.25, 0.3) is 0 Å². The molecule has 1 aliphatic rings. The molecule has 0 saturated carbocycles. The number of carbonyl (C=O) groups is 1. The zero-order chi connectivity index (χ0) is 17.9. The lowest BCUT2D eigenvalue weighted by Crippen LogP contribution is -2.23. The van der Waals surface area contributed by atoms with Crippen molar-refractivity contribution in [3.63, 3.8) is 0 Å². The summed E-state index contributed by atoms with van der Waals surface area (Å²) < 4.78 is 33.2. The topological polar surface area (TPSA) is 96.9 Å². The molecule has 8 heteroatoms. The number of fused-ring (bicyclic) bond motifs is 1. The third-order valence-electron chi connectivity index (χ3n) is 3.64. The second-order valence-corrected chi connectivity index (χ2v) is 6.96. The maximum absolute atomic E-state index is 12.2. The molecule has 0 saturated heterocycles. The van der Waals surface area contributed by atoms with Crippen LogP contribution in [0.4, 0.5) is 11.4 Å². The number of para-hydroxylation sites is 3. The Labute approximate surface area is 145 Å². The van der Waals surface area contributed by atoms with E-state index in [9.17, 15) is 13.2 Å². The van der Waals surface area contributed by atoms with Gasteiger partial charge in [-0.1, -0.05) is 24.3 Å².